The molecule has 2 aromatic heterocycles. The first-order valence-electron chi connectivity index (χ1n) is 6.22. The molecule has 21 heavy (non-hydrogen) atoms. The largest absolute Gasteiger partial charge is 0.466 e. The molecule has 0 spiro atoms. The summed E-state index contributed by atoms with van der Waals surface area (Å²) in [6, 6.07) is 0. The molecule has 0 aliphatic rings. The third kappa shape index (κ3) is 3.73. The summed E-state index contributed by atoms with van der Waals surface area (Å²) in [7, 11) is -3.78. The minimum Gasteiger partial charge on any atom is -0.466 e. The average molecular weight is 352 g/mol. The van der Waals surface area contributed by atoms with Gasteiger partial charge in [-0.15, -0.1) is 11.3 Å². The minimum absolute atomic E-state index is 0.0697. The molecule has 0 saturated carbocycles. The number of thiazole rings is 1. The number of esters is 1. The number of sulfonamides is 1. The molecule has 0 atom stereocenters. The molecular formula is C11H14ClN3O4S2. The van der Waals surface area contributed by atoms with Gasteiger partial charge in [0.15, 0.2) is 15.1 Å². The summed E-state index contributed by atoms with van der Waals surface area (Å²) < 4.78 is 33.0. The van der Waals surface area contributed by atoms with Crippen molar-refractivity contribution in [2.24, 2.45) is 0 Å². The molecule has 0 saturated heterocycles. The van der Waals surface area contributed by atoms with E-state index in [9.17, 15) is 13.2 Å². The van der Waals surface area contributed by atoms with Gasteiger partial charge in [-0.3, -0.25) is 9.20 Å². The van der Waals surface area contributed by atoms with Crippen LogP contribution in [0.5, 0.6) is 0 Å². The Morgan fingerprint density at radius 1 is 1.57 bits per heavy atom. The van der Waals surface area contributed by atoms with Crippen LogP contribution in [-0.4, -0.2) is 36.9 Å². The molecule has 0 aliphatic carbocycles. The number of hydrogen-bond donors (Lipinski definition) is 1. The molecule has 116 valence electrons. The van der Waals surface area contributed by atoms with Gasteiger partial charge < -0.3 is 4.74 Å². The van der Waals surface area contributed by atoms with Crippen LogP contribution in [0.2, 0.25) is 5.15 Å². The number of nitrogens with zero attached hydrogens (tertiary/aromatic N) is 2. The van der Waals surface area contributed by atoms with Crippen molar-refractivity contribution in [1.29, 1.82) is 0 Å². The Kier molecular flexibility index (Phi) is 5.20. The molecule has 1 N–H and O–H groups in total. The Hall–Kier alpha value is -1.16. The van der Waals surface area contributed by atoms with Crippen molar-refractivity contribution >= 4 is 43.9 Å². The molecule has 2 heterocycles. The quantitative estimate of drug-likeness (QED) is 0.605. The molecule has 0 radical (unpaired) electrons. The monoisotopic (exact) mass is 351 g/mol. The predicted molar refractivity (Wildman–Crippen MR) is 79.1 cm³/mol. The van der Waals surface area contributed by atoms with Crippen molar-refractivity contribution in [2.45, 2.75) is 24.8 Å². The second-order valence-electron chi connectivity index (χ2n) is 4.07. The van der Waals surface area contributed by atoms with Crippen molar-refractivity contribution in [3.63, 3.8) is 0 Å². The number of fused-ring (bicyclic) bond motifs is 1. The van der Waals surface area contributed by atoms with Crippen molar-refractivity contribution in [3.05, 3.63) is 16.7 Å². The van der Waals surface area contributed by atoms with Crippen molar-refractivity contribution < 1.29 is 17.9 Å². The maximum Gasteiger partial charge on any atom is 0.305 e. The van der Waals surface area contributed by atoms with Gasteiger partial charge >= 0.3 is 5.97 Å². The Morgan fingerprint density at radius 3 is 3.05 bits per heavy atom. The van der Waals surface area contributed by atoms with Gasteiger partial charge in [-0.05, 0) is 13.3 Å². The van der Waals surface area contributed by atoms with E-state index in [-0.39, 0.29) is 29.1 Å². The highest BCUT2D eigenvalue weighted by Crippen LogP contribution is 2.25. The summed E-state index contributed by atoms with van der Waals surface area (Å²) in [5, 5.41) is 1.56. The van der Waals surface area contributed by atoms with Crippen LogP contribution < -0.4 is 4.72 Å². The lowest BCUT2D eigenvalue weighted by Gasteiger charge is -2.06. The van der Waals surface area contributed by atoms with Crippen LogP contribution in [0.4, 0.5) is 0 Å². The fourth-order valence-corrected chi connectivity index (χ4v) is 4.24. The number of carbonyl (C=O) groups is 1. The standard InChI is InChI=1S/C11H14ClN3O4S2/c1-2-19-8(16)4-3-5-13-21(17,18)10-9(12)14-11-15(10)6-7-20-11/h6-7,13H,2-5H2,1H3. The molecule has 0 bridgehead atoms. The van der Waals surface area contributed by atoms with Crippen LogP contribution in [0.15, 0.2) is 16.6 Å². The highest BCUT2D eigenvalue weighted by molar-refractivity contribution is 7.89. The zero-order chi connectivity index (χ0) is 15.5. The van der Waals surface area contributed by atoms with Crippen LogP contribution in [0.1, 0.15) is 19.8 Å². The zero-order valence-corrected chi connectivity index (χ0v) is 13.6. The summed E-state index contributed by atoms with van der Waals surface area (Å²) in [6.45, 7) is 2.15. The van der Waals surface area contributed by atoms with E-state index in [0.29, 0.717) is 18.0 Å². The Labute approximate surface area is 130 Å². The third-order valence-electron chi connectivity index (χ3n) is 2.59. The molecule has 2 rings (SSSR count). The van der Waals surface area contributed by atoms with E-state index >= 15 is 0 Å². The normalized spacial score (nSPS) is 11.9. The number of halogens is 1. The highest BCUT2D eigenvalue weighted by Gasteiger charge is 2.24. The van der Waals surface area contributed by atoms with E-state index < -0.39 is 10.0 Å². The molecular weight excluding hydrogens is 338 g/mol. The summed E-state index contributed by atoms with van der Waals surface area (Å²) in [6.07, 6.45) is 2.09. The van der Waals surface area contributed by atoms with Gasteiger partial charge in [-0.25, -0.2) is 18.1 Å². The molecule has 10 heteroatoms. The van der Waals surface area contributed by atoms with Gasteiger partial charge in [-0.2, -0.15) is 0 Å². The molecule has 0 aromatic carbocycles. The first kappa shape index (κ1) is 16.2. The molecule has 7 nitrogen and oxygen atoms in total. The van der Waals surface area contributed by atoms with Gasteiger partial charge in [-0.1, -0.05) is 11.6 Å². The molecule has 0 fully saturated rings. The summed E-state index contributed by atoms with van der Waals surface area (Å²) in [4.78, 5) is 15.6. The number of nitrogens with one attached hydrogen (secondary N) is 1. The number of ether oxygens (including phenoxy) is 1. The number of carbonyl (C=O) groups excluding carboxylic acids is 1. The highest BCUT2D eigenvalue weighted by atomic mass is 35.5. The predicted octanol–water partition coefficient (Wildman–Crippen LogP) is 1.67. The lowest BCUT2D eigenvalue weighted by atomic mass is 10.3. The maximum atomic E-state index is 12.2. The lowest BCUT2D eigenvalue weighted by molar-refractivity contribution is -0.143. The number of hydrogen-bond acceptors (Lipinski definition) is 6. The van der Waals surface area contributed by atoms with Crippen molar-refractivity contribution in [3.8, 4) is 0 Å². The van der Waals surface area contributed by atoms with Crippen LogP contribution in [0.25, 0.3) is 4.96 Å². The fraction of sp³-hybridized carbons (Fsp3) is 0.455. The topological polar surface area (TPSA) is 89.8 Å². The Bertz CT molecular complexity index is 738. The number of imidazole rings is 1. The van der Waals surface area contributed by atoms with Crippen LogP contribution in [0.3, 0.4) is 0 Å². The smallest absolute Gasteiger partial charge is 0.305 e. The Balaban J connectivity index is 2.01. The van der Waals surface area contributed by atoms with Gasteiger partial charge in [0.05, 0.1) is 6.61 Å². The first-order valence-corrected chi connectivity index (χ1v) is 8.96. The third-order valence-corrected chi connectivity index (χ3v) is 5.20. The van der Waals surface area contributed by atoms with Crippen LogP contribution in [0, 0.1) is 0 Å². The van der Waals surface area contributed by atoms with Gasteiger partial charge in [0.1, 0.15) is 0 Å². The second kappa shape index (κ2) is 6.73. The van der Waals surface area contributed by atoms with E-state index in [1.807, 2.05) is 0 Å². The first-order chi connectivity index (χ1) is 9.95. The van der Waals surface area contributed by atoms with Crippen molar-refractivity contribution in [2.75, 3.05) is 13.2 Å². The maximum absolute atomic E-state index is 12.2. The lowest BCUT2D eigenvalue weighted by Crippen LogP contribution is -2.26. The van der Waals surface area contributed by atoms with Crippen LogP contribution in [-0.2, 0) is 19.6 Å². The number of rotatable bonds is 7. The van der Waals surface area contributed by atoms with E-state index in [1.165, 1.54) is 15.7 Å². The summed E-state index contributed by atoms with van der Waals surface area (Å²) in [5.41, 5.74) is 0. The molecule has 0 unspecified atom stereocenters. The van der Waals surface area contributed by atoms with Gasteiger partial charge in [0.25, 0.3) is 10.0 Å². The van der Waals surface area contributed by atoms with E-state index in [2.05, 4.69) is 9.71 Å². The van der Waals surface area contributed by atoms with Crippen LogP contribution >= 0.6 is 22.9 Å². The summed E-state index contributed by atoms with van der Waals surface area (Å²) in [5.74, 6) is -0.348. The summed E-state index contributed by atoms with van der Waals surface area (Å²) >= 11 is 7.17. The van der Waals surface area contributed by atoms with E-state index in [0.717, 1.165) is 0 Å². The SMILES string of the molecule is CCOC(=O)CCCNS(=O)(=O)c1c(Cl)nc2sccn12. The average Bonchev–Trinajstić information content (AvgIpc) is 2.94. The molecule has 0 amide bonds. The zero-order valence-electron chi connectivity index (χ0n) is 11.2. The molecule has 2 aromatic rings. The fourth-order valence-electron chi connectivity index (χ4n) is 1.72. The van der Waals surface area contributed by atoms with E-state index in [4.69, 9.17) is 16.3 Å². The van der Waals surface area contributed by atoms with Gasteiger partial charge in [0, 0.05) is 24.5 Å². The van der Waals surface area contributed by atoms with Gasteiger partial charge in [0.2, 0.25) is 0 Å². The molecule has 0 aliphatic heterocycles. The van der Waals surface area contributed by atoms with Crippen molar-refractivity contribution in [1.82, 2.24) is 14.1 Å². The second-order valence-corrected chi connectivity index (χ2v) is 6.98. The minimum atomic E-state index is -3.78. The number of aromatic nitrogens is 2. The van der Waals surface area contributed by atoms with E-state index in [1.54, 1.807) is 18.5 Å². The Morgan fingerprint density at radius 2 is 2.33 bits per heavy atom.